The maximum Gasteiger partial charge on any atom is 0.272 e. The van der Waals surface area contributed by atoms with Crippen molar-refractivity contribution in [2.45, 2.75) is 45.1 Å². The number of benzene rings is 2. The number of aromatic amines is 1. The molecule has 6 nitrogen and oxygen atoms in total. The third kappa shape index (κ3) is 2.78. The molecule has 6 heteroatoms. The lowest BCUT2D eigenvalue weighted by atomic mass is 9.73. The van der Waals surface area contributed by atoms with Crippen LogP contribution in [0.25, 0.3) is 10.8 Å². The quantitative estimate of drug-likeness (QED) is 0.581. The highest BCUT2D eigenvalue weighted by Crippen LogP contribution is 2.46. The molecule has 0 amide bonds. The zero-order valence-corrected chi connectivity index (χ0v) is 16.8. The number of nitrogens with zero attached hydrogens (tertiary/aromatic N) is 4. The van der Waals surface area contributed by atoms with Gasteiger partial charge in [0.05, 0.1) is 17.0 Å². The van der Waals surface area contributed by atoms with Crippen LogP contribution in [0.15, 0.2) is 53.6 Å². The van der Waals surface area contributed by atoms with Gasteiger partial charge in [0.25, 0.3) is 5.56 Å². The molecule has 2 unspecified atom stereocenters. The predicted octanol–water partition coefficient (Wildman–Crippen LogP) is 3.88. The highest BCUT2D eigenvalue weighted by atomic mass is 16.1. The Bertz CT molecular complexity index is 1260. The van der Waals surface area contributed by atoms with E-state index in [2.05, 4.69) is 64.5 Å². The Morgan fingerprint density at radius 2 is 1.97 bits per heavy atom. The Morgan fingerprint density at radius 3 is 2.72 bits per heavy atom. The fourth-order valence-electron chi connectivity index (χ4n) is 4.69. The largest absolute Gasteiger partial charge is 0.272 e. The van der Waals surface area contributed by atoms with Gasteiger partial charge in [0.15, 0.2) is 0 Å². The number of H-pyrrole nitrogens is 1. The third-order valence-electron chi connectivity index (χ3n) is 5.88. The maximum atomic E-state index is 12.5. The Hall–Kier alpha value is -3.28. The van der Waals surface area contributed by atoms with Gasteiger partial charge < -0.3 is 0 Å². The lowest BCUT2D eigenvalue weighted by molar-refractivity contribution is 0.457. The molecule has 0 spiro atoms. The first-order chi connectivity index (χ1) is 14.0. The van der Waals surface area contributed by atoms with Gasteiger partial charge in [-0.05, 0) is 44.4 Å². The first kappa shape index (κ1) is 17.8. The summed E-state index contributed by atoms with van der Waals surface area (Å²) in [6.45, 7) is 6.24. The van der Waals surface area contributed by atoms with Gasteiger partial charge in [0.2, 0.25) is 0 Å². The summed E-state index contributed by atoms with van der Waals surface area (Å²) < 4.78 is 1.97. The summed E-state index contributed by atoms with van der Waals surface area (Å²) in [5.41, 5.74) is 4.24. The highest BCUT2D eigenvalue weighted by Gasteiger charge is 2.38. The number of aryl methyl sites for hydroxylation is 1. The molecule has 0 bridgehead atoms. The topological polar surface area (TPSA) is 76.5 Å². The Balaban J connectivity index is 1.83. The fraction of sp³-hybridized carbons (Fsp3) is 0.304. The molecule has 5 rings (SSSR count). The number of aromatic nitrogens is 5. The molecule has 0 saturated carbocycles. The second kappa shape index (κ2) is 6.65. The minimum atomic E-state index is -0.143. The number of rotatable bonds is 3. The van der Waals surface area contributed by atoms with Gasteiger partial charge in [-0.3, -0.25) is 4.79 Å². The average Bonchev–Trinajstić information content (AvgIpc) is 3.20. The predicted molar refractivity (Wildman–Crippen MR) is 112 cm³/mol. The monoisotopic (exact) mass is 385 g/mol. The average molecular weight is 385 g/mol. The van der Waals surface area contributed by atoms with E-state index >= 15 is 0 Å². The van der Waals surface area contributed by atoms with E-state index in [-0.39, 0.29) is 23.4 Å². The van der Waals surface area contributed by atoms with Crippen LogP contribution in [0.1, 0.15) is 59.9 Å². The summed E-state index contributed by atoms with van der Waals surface area (Å²) in [6, 6.07) is 14.8. The van der Waals surface area contributed by atoms with Gasteiger partial charge in [-0.2, -0.15) is 10.2 Å². The van der Waals surface area contributed by atoms with Crippen molar-refractivity contribution in [2.24, 2.45) is 0 Å². The molecule has 2 aromatic carbocycles. The highest BCUT2D eigenvalue weighted by molar-refractivity contribution is 5.89. The molecule has 1 N–H and O–H groups in total. The van der Waals surface area contributed by atoms with Crippen LogP contribution in [0, 0.1) is 6.92 Å². The van der Waals surface area contributed by atoms with Crippen LogP contribution in [0.3, 0.4) is 0 Å². The van der Waals surface area contributed by atoms with Crippen molar-refractivity contribution < 1.29 is 0 Å². The lowest BCUT2D eigenvalue weighted by Gasteiger charge is -2.33. The molecular weight excluding hydrogens is 362 g/mol. The molecule has 2 aromatic heterocycles. The van der Waals surface area contributed by atoms with Crippen molar-refractivity contribution in [1.82, 2.24) is 25.0 Å². The smallest absolute Gasteiger partial charge is 0.267 e. The summed E-state index contributed by atoms with van der Waals surface area (Å²) in [5, 5.41) is 13.4. The first-order valence-electron chi connectivity index (χ1n) is 10.0. The molecule has 1 aliphatic carbocycles. The SMILES string of the molecule is Cc1cc2c3c(n[nH]c(=O)c3c1)C(c1ncnn1C(C)C)C(c1ccccc1)C2. The Morgan fingerprint density at radius 1 is 1.17 bits per heavy atom. The lowest BCUT2D eigenvalue weighted by Crippen LogP contribution is -2.27. The number of hydrogen-bond donors (Lipinski definition) is 1. The molecule has 2 heterocycles. The van der Waals surface area contributed by atoms with E-state index in [4.69, 9.17) is 0 Å². The molecule has 0 fully saturated rings. The number of hydrogen-bond acceptors (Lipinski definition) is 4. The van der Waals surface area contributed by atoms with Gasteiger partial charge in [-0.1, -0.05) is 42.0 Å². The van der Waals surface area contributed by atoms with Gasteiger partial charge in [-0.15, -0.1) is 0 Å². The van der Waals surface area contributed by atoms with Crippen LogP contribution in [-0.2, 0) is 6.42 Å². The molecule has 0 radical (unpaired) electrons. The molecule has 2 atom stereocenters. The summed E-state index contributed by atoms with van der Waals surface area (Å²) in [6.07, 6.45) is 2.45. The second-order valence-corrected chi connectivity index (χ2v) is 8.14. The minimum absolute atomic E-state index is 0.0862. The summed E-state index contributed by atoms with van der Waals surface area (Å²) >= 11 is 0. The van der Waals surface area contributed by atoms with E-state index in [9.17, 15) is 4.79 Å². The second-order valence-electron chi connectivity index (χ2n) is 8.14. The minimum Gasteiger partial charge on any atom is -0.267 e. The maximum absolute atomic E-state index is 12.5. The normalized spacial score (nSPS) is 18.5. The number of nitrogens with one attached hydrogen (secondary N) is 1. The fourth-order valence-corrected chi connectivity index (χ4v) is 4.69. The zero-order chi connectivity index (χ0) is 20.1. The van der Waals surface area contributed by atoms with Crippen molar-refractivity contribution in [3.8, 4) is 0 Å². The van der Waals surface area contributed by atoms with Crippen LogP contribution in [0.4, 0.5) is 0 Å². The van der Waals surface area contributed by atoms with Gasteiger partial charge in [-0.25, -0.2) is 14.8 Å². The van der Waals surface area contributed by atoms with Crippen LogP contribution in [0.5, 0.6) is 0 Å². The molecule has 4 aromatic rings. The standard InChI is InChI=1S/C23H23N5O/c1-13(2)28-22(24-12-25-28)20-17(15-7-5-4-6-8-15)11-16-9-14(3)10-18-19(16)21(20)26-27-23(18)29/h4-10,12-13,17,20H,11H2,1-3H3,(H,27,29). The molecule has 1 aliphatic rings. The van der Waals surface area contributed by atoms with Crippen molar-refractivity contribution in [1.29, 1.82) is 0 Å². The van der Waals surface area contributed by atoms with Crippen LogP contribution in [0.2, 0.25) is 0 Å². The molecule has 29 heavy (non-hydrogen) atoms. The van der Waals surface area contributed by atoms with Crippen molar-refractivity contribution >= 4 is 10.8 Å². The Labute approximate surface area is 168 Å². The van der Waals surface area contributed by atoms with Crippen molar-refractivity contribution in [3.05, 3.63) is 87.4 Å². The van der Waals surface area contributed by atoms with Crippen molar-refractivity contribution in [2.75, 3.05) is 0 Å². The van der Waals surface area contributed by atoms with Gasteiger partial charge >= 0.3 is 0 Å². The van der Waals surface area contributed by atoms with E-state index in [1.165, 1.54) is 11.1 Å². The van der Waals surface area contributed by atoms with Crippen LogP contribution >= 0.6 is 0 Å². The summed E-state index contributed by atoms with van der Waals surface area (Å²) in [4.78, 5) is 17.2. The van der Waals surface area contributed by atoms with E-state index in [1.54, 1.807) is 6.33 Å². The molecular formula is C23H23N5O. The van der Waals surface area contributed by atoms with Gasteiger partial charge in [0, 0.05) is 17.3 Å². The van der Waals surface area contributed by atoms with Crippen LogP contribution < -0.4 is 5.56 Å². The molecule has 146 valence electrons. The Kier molecular flexibility index (Phi) is 4.08. The third-order valence-corrected chi connectivity index (χ3v) is 5.88. The van der Waals surface area contributed by atoms with E-state index < -0.39 is 0 Å². The summed E-state index contributed by atoms with van der Waals surface area (Å²) in [7, 11) is 0. The zero-order valence-electron chi connectivity index (χ0n) is 16.8. The van der Waals surface area contributed by atoms with Crippen LogP contribution in [-0.4, -0.2) is 25.0 Å². The first-order valence-corrected chi connectivity index (χ1v) is 10.0. The van der Waals surface area contributed by atoms with E-state index in [0.29, 0.717) is 5.39 Å². The van der Waals surface area contributed by atoms with E-state index in [0.717, 1.165) is 28.9 Å². The van der Waals surface area contributed by atoms with Crippen molar-refractivity contribution in [3.63, 3.8) is 0 Å². The molecule has 0 aliphatic heterocycles. The molecule has 0 saturated heterocycles. The summed E-state index contributed by atoms with van der Waals surface area (Å²) in [5.74, 6) is 0.964. The van der Waals surface area contributed by atoms with Gasteiger partial charge in [0.1, 0.15) is 12.2 Å². The van der Waals surface area contributed by atoms with E-state index in [1.807, 2.05) is 23.7 Å².